The Bertz CT molecular complexity index is 928. The van der Waals surface area contributed by atoms with Gasteiger partial charge in [0.25, 0.3) is 0 Å². The molecule has 2 N–H and O–H groups in total. The van der Waals surface area contributed by atoms with Gasteiger partial charge in [0.05, 0.1) is 17.1 Å². The van der Waals surface area contributed by atoms with Crippen molar-refractivity contribution in [2.45, 2.75) is 30.2 Å². The van der Waals surface area contributed by atoms with E-state index in [4.69, 9.17) is 21.4 Å². The third kappa shape index (κ3) is 4.50. The lowest BCUT2D eigenvalue weighted by molar-refractivity contribution is 0.111. The van der Waals surface area contributed by atoms with Crippen LogP contribution in [0.5, 0.6) is 5.75 Å². The molecule has 0 bridgehead atoms. The summed E-state index contributed by atoms with van der Waals surface area (Å²) in [4.78, 5) is 11.7. The maximum atomic E-state index is 12.6. The molecule has 6 nitrogen and oxygen atoms in total. The van der Waals surface area contributed by atoms with E-state index in [1.165, 1.54) is 24.3 Å². The molecule has 2 aromatic rings. The van der Waals surface area contributed by atoms with Gasteiger partial charge in [-0.05, 0) is 60.7 Å². The molecule has 0 fully saturated rings. The van der Waals surface area contributed by atoms with Crippen LogP contribution in [0.2, 0.25) is 5.02 Å². The van der Waals surface area contributed by atoms with Crippen LogP contribution in [0, 0.1) is 0 Å². The van der Waals surface area contributed by atoms with E-state index in [1.54, 1.807) is 6.07 Å². The fourth-order valence-corrected chi connectivity index (χ4v) is 4.67. The van der Waals surface area contributed by atoms with Crippen molar-refractivity contribution in [3.63, 3.8) is 0 Å². The molecule has 1 aliphatic rings. The molecule has 3 rings (SSSR count). The lowest BCUT2D eigenvalue weighted by Crippen LogP contribution is -2.39. The van der Waals surface area contributed by atoms with E-state index >= 15 is 0 Å². The number of benzene rings is 2. The van der Waals surface area contributed by atoms with Crippen LogP contribution in [0.4, 0.5) is 0 Å². The number of hydrogen-bond donors (Lipinski definition) is 2. The summed E-state index contributed by atoms with van der Waals surface area (Å²) in [5, 5.41) is 9.37. The van der Waals surface area contributed by atoms with Gasteiger partial charge in [-0.3, -0.25) is 4.79 Å². The standard InChI is InChI=1S/C19H20ClNO5S/c20-14-2-5-16(6-3-14)27(24,25)21-15-4-7-17-13(11-15)1-8-19(18(17)12-23)26-10-9-22/h1-3,5-6,8,12,15,21-22H,4,7,9-11H2. The molecule has 27 heavy (non-hydrogen) atoms. The molecular formula is C19H20ClNO5S. The minimum absolute atomic E-state index is 0.114. The number of halogens is 1. The number of ether oxygens (including phenoxy) is 1. The molecule has 1 aliphatic carbocycles. The highest BCUT2D eigenvalue weighted by atomic mass is 35.5. The average molecular weight is 410 g/mol. The molecule has 144 valence electrons. The molecule has 0 spiro atoms. The molecule has 0 aliphatic heterocycles. The zero-order valence-corrected chi connectivity index (χ0v) is 16.1. The lowest BCUT2D eigenvalue weighted by Gasteiger charge is -2.27. The van der Waals surface area contributed by atoms with Gasteiger partial charge in [0.15, 0.2) is 6.29 Å². The Hall–Kier alpha value is -1.93. The highest BCUT2D eigenvalue weighted by molar-refractivity contribution is 7.89. The SMILES string of the molecule is O=Cc1c(OCCO)ccc2c1CCC(NS(=O)(=O)c1ccc(Cl)cc1)C2. The Morgan fingerprint density at radius 2 is 1.96 bits per heavy atom. The maximum absolute atomic E-state index is 12.6. The Kier molecular flexibility index (Phi) is 6.16. The topological polar surface area (TPSA) is 92.7 Å². The molecular weight excluding hydrogens is 390 g/mol. The molecule has 1 unspecified atom stereocenters. The number of carbonyl (C=O) groups excluding carboxylic acids is 1. The second-order valence-corrected chi connectivity index (χ2v) is 8.47. The van der Waals surface area contributed by atoms with Crippen molar-refractivity contribution in [3.8, 4) is 5.75 Å². The fourth-order valence-electron chi connectivity index (χ4n) is 3.27. The highest BCUT2D eigenvalue weighted by Gasteiger charge is 2.26. The number of carbonyl (C=O) groups is 1. The van der Waals surface area contributed by atoms with Gasteiger partial charge >= 0.3 is 0 Å². The van der Waals surface area contributed by atoms with Gasteiger partial charge in [-0.2, -0.15) is 0 Å². The second-order valence-electron chi connectivity index (χ2n) is 6.32. The predicted octanol–water partition coefficient (Wildman–Crippen LogP) is 2.36. The van der Waals surface area contributed by atoms with Crippen molar-refractivity contribution in [1.82, 2.24) is 4.72 Å². The van der Waals surface area contributed by atoms with E-state index in [0.29, 0.717) is 35.6 Å². The van der Waals surface area contributed by atoms with Crippen LogP contribution in [0.15, 0.2) is 41.3 Å². The number of nitrogens with one attached hydrogen (secondary N) is 1. The lowest BCUT2D eigenvalue weighted by atomic mass is 9.85. The highest BCUT2D eigenvalue weighted by Crippen LogP contribution is 2.31. The van der Waals surface area contributed by atoms with Gasteiger partial charge in [0.2, 0.25) is 10.0 Å². The first-order valence-corrected chi connectivity index (χ1v) is 10.4. The maximum Gasteiger partial charge on any atom is 0.240 e. The Labute approximate surface area is 163 Å². The van der Waals surface area contributed by atoms with Crippen LogP contribution in [0.1, 0.15) is 27.9 Å². The minimum atomic E-state index is -3.65. The van der Waals surface area contributed by atoms with Gasteiger partial charge < -0.3 is 9.84 Å². The van der Waals surface area contributed by atoms with Gasteiger partial charge in [-0.25, -0.2) is 13.1 Å². The zero-order valence-electron chi connectivity index (χ0n) is 14.5. The normalized spacial score (nSPS) is 16.6. The quantitative estimate of drug-likeness (QED) is 0.685. The summed E-state index contributed by atoms with van der Waals surface area (Å²) < 4.78 is 33.3. The molecule has 0 saturated heterocycles. The summed E-state index contributed by atoms with van der Waals surface area (Å²) in [6.45, 7) is -0.0208. The van der Waals surface area contributed by atoms with E-state index < -0.39 is 10.0 Å². The minimum Gasteiger partial charge on any atom is -0.490 e. The molecule has 0 aromatic heterocycles. The number of aliphatic hydroxyl groups is 1. The predicted molar refractivity (Wildman–Crippen MR) is 102 cm³/mol. The first-order chi connectivity index (χ1) is 12.9. The number of sulfonamides is 1. The summed E-state index contributed by atoms with van der Waals surface area (Å²) in [6, 6.07) is 9.29. The number of hydrogen-bond acceptors (Lipinski definition) is 5. The van der Waals surface area contributed by atoms with Gasteiger partial charge in [-0.1, -0.05) is 17.7 Å². The number of rotatable bonds is 7. The summed E-state index contributed by atoms with van der Waals surface area (Å²) >= 11 is 5.82. The number of aldehydes is 1. The fraction of sp³-hybridized carbons (Fsp3) is 0.316. The van der Waals surface area contributed by atoms with Crippen LogP contribution in [0.3, 0.4) is 0 Å². The summed E-state index contributed by atoms with van der Waals surface area (Å²) in [7, 11) is -3.65. The summed E-state index contributed by atoms with van der Waals surface area (Å²) in [5.41, 5.74) is 2.27. The van der Waals surface area contributed by atoms with Crippen molar-refractivity contribution in [2.75, 3.05) is 13.2 Å². The van der Waals surface area contributed by atoms with E-state index in [-0.39, 0.29) is 24.2 Å². The monoisotopic (exact) mass is 409 g/mol. The van der Waals surface area contributed by atoms with Gasteiger partial charge in [0.1, 0.15) is 12.4 Å². The van der Waals surface area contributed by atoms with Crippen LogP contribution in [-0.4, -0.2) is 39.1 Å². The number of fused-ring (bicyclic) bond motifs is 1. The van der Waals surface area contributed by atoms with Crippen molar-refractivity contribution in [2.24, 2.45) is 0 Å². The van der Waals surface area contributed by atoms with E-state index in [1.807, 2.05) is 6.07 Å². The smallest absolute Gasteiger partial charge is 0.240 e. The molecule has 1 atom stereocenters. The zero-order chi connectivity index (χ0) is 19.4. The Morgan fingerprint density at radius 3 is 2.63 bits per heavy atom. The second kappa shape index (κ2) is 8.39. The first-order valence-electron chi connectivity index (χ1n) is 8.56. The Balaban J connectivity index is 1.78. The van der Waals surface area contributed by atoms with E-state index in [9.17, 15) is 13.2 Å². The van der Waals surface area contributed by atoms with Crippen molar-refractivity contribution in [3.05, 3.63) is 58.1 Å². The van der Waals surface area contributed by atoms with E-state index in [2.05, 4.69) is 4.72 Å². The number of aliphatic hydroxyl groups excluding tert-OH is 1. The van der Waals surface area contributed by atoms with Crippen LogP contribution in [0.25, 0.3) is 0 Å². The van der Waals surface area contributed by atoms with Gasteiger partial charge in [-0.15, -0.1) is 0 Å². The summed E-state index contributed by atoms with van der Waals surface area (Å²) in [5.74, 6) is 0.443. The molecule has 0 amide bonds. The largest absolute Gasteiger partial charge is 0.490 e. The van der Waals surface area contributed by atoms with Crippen LogP contribution >= 0.6 is 11.6 Å². The molecule has 0 radical (unpaired) electrons. The summed E-state index contributed by atoms with van der Waals surface area (Å²) in [6.07, 6.45) is 2.38. The third-order valence-electron chi connectivity index (χ3n) is 4.54. The van der Waals surface area contributed by atoms with Crippen molar-refractivity contribution >= 4 is 27.9 Å². The first kappa shape index (κ1) is 19.8. The molecule has 8 heteroatoms. The molecule has 2 aromatic carbocycles. The Morgan fingerprint density at radius 1 is 1.22 bits per heavy atom. The molecule has 0 saturated carbocycles. The van der Waals surface area contributed by atoms with Crippen molar-refractivity contribution in [1.29, 1.82) is 0 Å². The molecule has 0 heterocycles. The van der Waals surface area contributed by atoms with Gasteiger partial charge in [0, 0.05) is 11.1 Å². The van der Waals surface area contributed by atoms with E-state index in [0.717, 1.165) is 17.4 Å². The third-order valence-corrected chi connectivity index (χ3v) is 6.32. The van der Waals surface area contributed by atoms with Crippen LogP contribution in [-0.2, 0) is 22.9 Å². The van der Waals surface area contributed by atoms with Crippen molar-refractivity contribution < 1.29 is 23.1 Å². The average Bonchev–Trinajstić information content (AvgIpc) is 2.65. The van der Waals surface area contributed by atoms with Crippen LogP contribution < -0.4 is 9.46 Å².